The third kappa shape index (κ3) is 3.69. The topological polar surface area (TPSA) is 15.6 Å². The van der Waals surface area contributed by atoms with Gasteiger partial charge in [-0.2, -0.15) is 0 Å². The molecule has 110 valence electrons. The van der Waals surface area contributed by atoms with Crippen LogP contribution < -0.4 is 0 Å². The zero-order chi connectivity index (χ0) is 14.5. The fourth-order valence-corrected chi connectivity index (χ4v) is 2.55. The molecule has 1 heterocycles. The Hall–Kier alpha value is -1.16. The van der Waals surface area contributed by atoms with Gasteiger partial charge in [-0.15, -0.1) is 0 Å². The Morgan fingerprint density at radius 2 is 2.20 bits per heavy atom. The average Bonchev–Trinajstić information content (AvgIpc) is 2.85. The van der Waals surface area contributed by atoms with Gasteiger partial charge in [0.1, 0.15) is 5.84 Å². The molecule has 0 saturated carbocycles. The van der Waals surface area contributed by atoms with Crippen LogP contribution in [0, 0.1) is 0 Å². The lowest BCUT2D eigenvalue weighted by atomic mass is 10.2. The number of unbranched alkanes of at least 4 members (excludes halogenated alkanes) is 1. The van der Waals surface area contributed by atoms with Crippen molar-refractivity contribution in [2.24, 2.45) is 4.99 Å². The fourth-order valence-electron chi connectivity index (χ4n) is 2.35. The highest BCUT2D eigenvalue weighted by Crippen LogP contribution is 2.31. The van der Waals surface area contributed by atoms with Gasteiger partial charge in [-0.1, -0.05) is 24.9 Å². The summed E-state index contributed by atoms with van der Waals surface area (Å²) in [6, 6.07) is 4.57. The highest BCUT2D eigenvalue weighted by atomic mass is 35.5. The number of benzene rings is 1. The first-order valence-corrected chi connectivity index (χ1v) is 7.39. The minimum absolute atomic E-state index is 0.0956. The van der Waals surface area contributed by atoms with Gasteiger partial charge in [-0.3, -0.25) is 0 Å². The van der Waals surface area contributed by atoms with Gasteiger partial charge < -0.3 is 4.90 Å². The first-order chi connectivity index (χ1) is 9.61. The van der Waals surface area contributed by atoms with E-state index in [1.807, 2.05) is 0 Å². The summed E-state index contributed by atoms with van der Waals surface area (Å²) < 4.78 is 25.6. The summed E-state index contributed by atoms with van der Waals surface area (Å²) >= 11 is 5.77. The van der Waals surface area contributed by atoms with Gasteiger partial charge in [-0.05, 0) is 31.0 Å². The SMILES string of the molecule is CCCCN1CCCC1=Nc1ccc(Cl)c(C(F)F)c1. The predicted molar refractivity (Wildman–Crippen MR) is 79.2 cm³/mol. The largest absolute Gasteiger partial charge is 0.360 e. The number of hydrogen-bond donors (Lipinski definition) is 0. The third-order valence-electron chi connectivity index (χ3n) is 3.45. The van der Waals surface area contributed by atoms with Gasteiger partial charge in [0.2, 0.25) is 0 Å². The van der Waals surface area contributed by atoms with Gasteiger partial charge in [-0.25, -0.2) is 13.8 Å². The quantitative estimate of drug-likeness (QED) is 0.729. The van der Waals surface area contributed by atoms with Gasteiger partial charge in [0, 0.05) is 30.1 Å². The van der Waals surface area contributed by atoms with Crippen LogP contribution in [0.5, 0.6) is 0 Å². The molecule has 2 nitrogen and oxygen atoms in total. The maximum absolute atomic E-state index is 12.8. The van der Waals surface area contributed by atoms with Crippen molar-refractivity contribution in [3.8, 4) is 0 Å². The number of hydrogen-bond acceptors (Lipinski definition) is 1. The molecule has 0 unspecified atom stereocenters. The van der Waals surface area contributed by atoms with Crippen LogP contribution in [0.2, 0.25) is 5.02 Å². The van der Waals surface area contributed by atoms with E-state index < -0.39 is 6.43 Å². The summed E-state index contributed by atoms with van der Waals surface area (Å²) in [5, 5.41) is 0.0956. The summed E-state index contributed by atoms with van der Waals surface area (Å²) in [6.45, 7) is 4.15. The normalized spacial score (nSPS) is 17.4. The summed E-state index contributed by atoms with van der Waals surface area (Å²) in [5.74, 6) is 1.00. The van der Waals surface area contributed by atoms with Crippen molar-refractivity contribution in [1.29, 1.82) is 0 Å². The molecule has 1 saturated heterocycles. The van der Waals surface area contributed by atoms with Crippen molar-refractivity contribution >= 4 is 23.1 Å². The Bertz CT molecular complexity index is 489. The van der Waals surface area contributed by atoms with Crippen molar-refractivity contribution in [2.75, 3.05) is 13.1 Å². The second-order valence-corrected chi connectivity index (χ2v) is 5.39. The Morgan fingerprint density at radius 1 is 1.40 bits per heavy atom. The number of amidine groups is 1. The minimum Gasteiger partial charge on any atom is -0.360 e. The molecule has 0 spiro atoms. The molecule has 0 atom stereocenters. The first kappa shape index (κ1) is 15.2. The fraction of sp³-hybridized carbons (Fsp3) is 0.533. The molecule has 1 fully saturated rings. The van der Waals surface area contributed by atoms with Crippen LogP contribution in [0.1, 0.15) is 44.6 Å². The number of nitrogens with zero attached hydrogens (tertiary/aromatic N) is 2. The molecule has 1 aliphatic rings. The number of rotatable bonds is 5. The van der Waals surface area contributed by atoms with Crippen LogP contribution >= 0.6 is 11.6 Å². The van der Waals surface area contributed by atoms with Crippen molar-refractivity contribution < 1.29 is 8.78 Å². The van der Waals surface area contributed by atoms with E-state index >= 15 is 0 Å². The van der Waals surface area contributed by atoms with Crippen molar-refractivity contribution in [3.63, 3.8) is 0 Å². The highest BCUT2D eigenvalue weighted by molar-refractivity contribution is 6.31. The molecule has 0 bridgehead atoms. The Labute approximate surface area is 123 Å². The summed E-state index contributed by atoms with van der Waals surface area (Å²) in [7, 11) is 0. The summed E-state index contributed by atoms with van der Waals surface area (Å²) in [5.41, 5.74) is 0.412. The Morgan fingerprint density at radius 3 is 2.90 bits per heavy atom. The molecule has 2 rings (SSSR count). The standard InChI is InChI=1S/C15H19ClF2N2/c1-2-3-8-20-9-4-5-14(20)19-11-6-7-13(16)12(10-11)15(17)18/h6-7,10,15H,2-5,8-9H2,1H3. The molecule has 1 aliphatic heterocycles. The van der Waals surface area contributed by atoms with Crippen LogP contribution in [0.4, 0.5) is 14.5 Å². The molecular weight excluding hydrogens is 282 g/mol. The maximum atomic E-state index is 12.8. The lowest BCUT2D eigenvalue weighted by Crippen LogP contribution is -2.25. The van der Waals surface area contributed by atoms with Crippen LogP contribution in [0.25, 0.3) is 0 Å². The Kier molecular flexibility index (Phi) is 5.35. The van der Waals surface area contributed by atoms with E-state index in [9.17, 15) is 8.78 Å². The second kappa shape index (κ2) is 7.02. The molecular formula is C15H19ClF2N2. The first-order valence-electron chi connectivity index (χ1n) is 7.02. The summed E-state index contributed by atoms with van der Waals surface area (Å²) in [4.78, 5) is 6.78. The zero-order valence-corrected chi connectivity index (χ0v) is 12.3. The monoisotopic (exact) mass is 300 g/mol. The molecule has 0 radical (unpaired) electrons. The minimum atomic E-state index is -2.57. The molecule has 5 heteroatoms. The molecule has 0 aromatic heterocycles. The van der Waals surface area contributed by atoms with Crippen molar-refractivity contribution in [3.05, 3.63) is 28.8 Å². The molecule has 20 heavy (non-hydrogen) atoms. The molecule has 1 aromatic carbocycles. The third-order valence-corrected chi connectivity index (χ3v) is 3.79. The van der Waals surface area contributed by atoms with Gasteiger partial charge in [0.15, 0.2) is 0 Å². The Balaban J connectivity index is 2.19. The smallest absolute Gasteiger partial charge is 0.265 e. The van der Waals surface area contributed by atoms with E-state index in [1.54, 1.807) is 6.07 Å². The lowest BCUT2D eigenvalue weighted by molar-refractivity contribution is 0.151. The number of aliphatic imine (C=N–C) groups is 1. The average molecular weight is 301 g/mol. The highest BCUT2D eigenvalue weighted by Gasteiger charge is 2.18. The van der Waals surface area contributed by atoms with Gasteiger partial charge in [0.25, 0.3) is 6.43 Å². The van der Waals surface area contributed by atoms with E-state index in [1.165, 1.54) is 12.1 Å². The van der Waals surface area contributed by atoms with E-state index in [0.29, 0.717) is 5.69 Å². The predicted octanol–water partition coefficient (Wildman–Crippen LogP) is 5.20. The van der Waals surface area contributed by atoms with Crippen molar-refractivity contribution in [1.82, 2.24) is 4.90 Å². The second-order valence-electron chi connectivity index (χ2n) is 4.98. The van der Waals surface area contributed by atoms with Crippen LogP contribution in [-0.4, -0.2) is 23.8 Å². The zero-order valence-electron chi connectivity index (χ0n) is 11.6. The molecule has 0 amide bonds. The molecule has 1 aromatic rings. The van der Waals surface area contributed by atoms with Crippen LogP contribution in [-0.2, 0) is 0 Å². The van der Waals surface area contributed by atoms with Gasteiger partial charge >= 0.3 is 0 Å². The number of alkyl halides is 2. The molecule has 0 aliphatic carbocycles. The van der Waals surface area contributed by atoms with E-state index in [0.717, 1.165) is 44.6 Å². The van der Waals surface area contributed by atoms with Crippen molar-refractivity contribution in [2.45, 2.75) is 39.0 Å². The van der Waals surface area contributed by atoms with Crippen LogP contribution in [0.15, 0.2) is 23.2 Å². The van der Waals surface area contributed by atoms with Gasteiger partial charge in [0.05, 0.1) is 5.69 Å². The number of halogens is 3. The van der Waals surface area contributed by atoms with Crippen LogP contribution in [0.3, 0.4) is 0 Å². The maximum Gasteiger partial charge on any atom is 0.265 e. The number of likely N-dealkylation sites (tertiary alicyclic amines) is 1. The van der Waals surface area contributed by atoms with E-state index in [4.69, 9.17) is 11.6 Å². The lowest BCUT2D eigenvalue weighted by Gasteiger charge is -2.18. The van der Waals surface area contributed by atoms with E-state index in [-0.39, 0.29) is 10.6 Å². The van der Waals surface area contributed by atoms with E-state index in [2.05, 4.69) is 16.8 Å². The molecule has 0 N–H and O–H groups in total. The summed E-state index contributed by atoms with van der Waals surface area (Å²) in [6.07, 6.45) is 1.69.